The second kappa shape index (κ2) is 9.33. The molecule has 0 bridgehead atoms. The van der Waals surface area contributed by atoms with E-state index in [-0.39, 0.29) is 16.9 Å². The summed E-state index contributed by atoms with van der Waals surface area (Å²) in [5.41, 5.74) is 0.875. The quantitative estimate of drug-likeness (QED) is 0.348. The topological polar surface area (TPSA) is 123 Å². The Morgan fingerprint density at radius 2 is 1.91 bits per heavy atom. The lowest BCUT2D eigenvalue weighted by atomic mass is 10.0. The number of anilines is 2. The molecular formula is C22H23F3N8O2. The molecule has 4 heterocycles. The van der Waals surface area contributed by atoms with Crippen LogP contribution in [0.25, 0.3) is 17.0 Å². The van der Waals surface area contributed by atoms with Crippen LogP contribution in [0, 0.1) is 6.92 Å². The van der Waals surface area contributed by atoms with Crippen molar-refractivity contribution in [2.75, 3.05) is 11.9 Å². The summed E-state index contributed by atoms with van der Waals surface area (Å²) < 4.78 is 42.1. The summed E-state index contributed by atoms with van der Waals surface area (Å²) in [4.78, 5) is 25.9. The predicted octanol–water partition coefficient (Wildman–Crippen LogP) is 3.30. The lowest BCUT2D eigenvalue weighted by Crippen LogP contribution is -2.42. The number of carbonyl (C=O) groups excluding carboxylic acids is 1. The Morgan fingerprint density at radius 3 is 2.60 bits per heavy atom. The Kier molecular flexibility index (Phi) is 6.43. The highest BCUT2D eigenvalue weighted by atomic mass is 19.3. The van der Waals surface area contributed by atoms with E-state index >= 15 is 0 Å². The van der Waals surface area contributed by atoms with Gasteiger partial charge in [0.25, 0.3) is 5.91 Å². The van der Waals surface area contributed by atoms with E-state index in [0.29, 0.717) is 21.7 Å². The molecule has 4 rings (SSSR count). The molecule has 0 aliphatic rings. The van der Waals surface area contributed by atoms with Crippen molar-refractivity contribution in [3.63, 3.8) is 0 Å². The van der Waals surface area contributed by atoms with Crippen molar-refractivity contribution in [1.29, 1.82) is 0 Å². The SMILES string of the molecule is Cc1cnc2c(c1)ncn2-c1cc(Nc2cnn(C(F)F)c2)c(C(=O)NC[C@@H](F)C(C)(C)O)cn1. The molecular weight excluding hydrogens is 465 g/mol. The number of imidazole rings is 1. The van der Waals surface area contributed by atoms with Gasteiger partial charge in [0.15, 0.2) is 5.65 Å². The van der Waals surface area contributed by atoms with E-state index in [0.717, 1.165) is 11.8 Å². The Hall–Kier alpha value is -4.00. The molecule has 0 aromatic carbocycles. The van der Waals surface area contributed by atoms with E-state index in [1.54, 1.807) is 10.8 Å². The number of fused-ring (bicyclic) bond motifs is 1. The van der Waals surface area contributed by atoms with E-state index in [9.17, 15) is 23.1 Å². The van der Waals surface area contributed by atoms with Crippen LogP contribution in [0.2, 0.25) is 0 Å². The van der Waals surface area contributed by atoms with Crippen molar-refractivity contribution in [2.45, 2.75) is 39.1 Å². The number of hydrogen-bond donors (Lipinski definition) is 3. The highest BCUT2D eigenvalue weighted by Gasteiger charge is 2.27. The average Bonchev–Trinajstić information content (AvgIpc) is 3.43. The zero-order valence-corrected chi connectivity index (χ0v) is 19.1. The molecule has 0 aliphatic carbocycles. The summed E-state index contributed by atoms with van der Waals surface area (Å²) >= 11 is 0. The van der Waals surface area contributed by atoms with E-state index in [1.807, 2.05) is 13.0 Å². The third-order valence-corrected chi connectivity index (χ3v) is 5.19. The Morgan fingerprint density at radius 1 is 1.14 bits per heavy atom. The lowest BCUT2D eigenvalue weighted by Gasteiger charge is -2.22. The molecule has 0 aliphatic heterocycles. The van der Waals surface area contributed by atoms with Crippen LogP contribution in [-0.2, 0) is 0 Å². The first-order chi connectivity index (χ1) is 16.5. The van der Waals surface area contributed by atoms with E-state index in [1.165, 1.54) is 38.6 Å². The van der Waals surface area contributed by atoms with Gasteiger partial charge in [0.2, 0.25) is 0 Å². The zero-order valence-electron chi connectivity index (χ0n) is 19.1. The molecule has 0 radical (unpaired) electrons. The van der Waals surface area contributed by atoms with Gasteiger partial charge >= 0.3 is 6.55 Å². The molecule has 35 heavy (non-hydrogen) atoms. The number of aromatic nitrogens is 6. The molecule has 0 spiro atoms. The normalized spacial score (nSPS) is 12.8. The number of hydrogen-bond acceptors (Lipinski definition) is 7. The molecule has 0 saturated heterocycles. The maximum atomic E-state index is 14.1. The number of carbonyl (C=O) groups is 1. The molecule has 3 N–H and O–H groups in total. The molecule has 4 aromatic heterocycles. The number of aryl methyl sites for hydroxylation is 1. The maximum Gasteiger partial charge on any atom is 0.333 e. The molecule has 1 amide bonds. The van der Waals surface area contributed by atoms with Gasteiger partial charge in [0, 0.05) is 18.5 Å². The van der Waals surface area contributed by atoms with Crippen LogP contribution < -0.4 is 10.6 Å². The van der Waals surface area contributed by atoms with Gasteiger partial charge in [-0.15, -0.1) is 0 Å². The first-order valence-electron chi connectivity index (χ1n) is 10.6. The van der Waals surface area contributed by atoms with Crippen LogP contribution in [0.5, 0.6) is 0 Å². The van der Waals surface area contributed by atoms with Gasteiger partial charge in [-0.3, -0.25) is 9.36 Å². The van der Waals surface area contributed by atoms with Crippen LogP contribution in [0.1, 0.15) is 36.3 Å². The third kappa shape index (κ3) is 5.24. The molecule has 0 unspecified atom stereocenters. The highest BCUT2D eigenvalue weighted by molar-refractivity contribution is 6.00. The first-order valence-corrected chi connectivity index (χ1v) is 10.6. The fraction of sp³-hybridized carbons (Fsp3) is 0.318. The highest BCUT2D eigenvalue weighted by Crippen LogP contribution is 2.25. The second-order valence-electron chi connectivity index (χ2n) is 8.50. The van der Waals surface area contributed by atoms with Gasteiger partial charge in [0.1, 0.15) is 23.8 Å². The number of nitrogens with one attached hydrogen (secondary N) is 2. The van der Waals surface area contributed by atoms with Gasteiger partial charge in [-0.2, -0.15) is 13.9 Å². The first kappa shape index (κ1) is 24.1. The van der Waals surface area contributed by atoms with Crippen molar-refractivity contribution in [3.8, 4) is 5.82 Å². The summed E-state index contributed by atoms with van der Waals surface area (Å²) in [5, 5.41) is 18.7. The van der Waals surface area contributed by atoms with Gasteiger partial charge in [0.05, 0.1) is 41.5 Å². The van der Waals surface area contributed by atoms with Gasteiger partial charge in [-0.25, -0.2) is 24.0 Å². The fourth-order valence-electron chi connectivity index (χ4n) is 3.22. The predicted molar refractivity (Wildman–Crippen MR) is 122 cm³/mol. The number of halogens is 3. The van der Waals surface area contributed by atoms with Gasteiger partial charge < -0.3 is 15.7 Å². The van der Waals surface area contributed by atoms with Gasteiger partial charge in [-0.05, 0) is 32.4 Å². The monoisotopic (exact) mass is 488 g/mol. The minimum atomic E-state index is -2.84. The van der Waals surface area contributed by atoms with Crippen molar-refractivity contribution in [1.82, 2.24) is 34.6 Å². The van der Waals surface area contributed by atoms with Crippen molar-refractivity contribution < 1.29 is 23.1 Å². The molecule has 4 aromatic rings. The number of aliphatic hydroxyl groups is 1. The van der Waals surface area contributed by atoms with E-state index in [2.05, 4.69) is 30.7 Å². The number of pyridine rings is 2. The zero-order chi connectivity index (χ0) is 25.3. The number of amides is 1. The molecule has 1 atom stereocenters. The Balaban J connectivity index is 1.70. The minimum absolute atomic E-state index is 0.0229. The lowest BCUT2D eigenvalue weighted by molar-refractivity contribution is -0.00177. The Labute approximate surface area is 197 Å². The van der Waals surface area contributed by atoms with Gasteiger partial charge in [-0.1, -0.05) is 0 Å². The van der Waals surface area contributed by atoms with E-state index < -0.39 is 30.8 Å². The van der Waals surface area contributed by atoms with Crippen LogP contribution in [0.4, 0.5) is 24.5 Å². The number of rotatable bonds is 8. The molecule has 184 valence electrons. The molecule has 0 fully saturated rings. The van der Waals surface area contributed by atoms with Crippen molar-refractivity contribution >= 4 is 28.4 Å². The van der Waals surface area contributed by atoms with Crippen molar-refractivity contribution in [3.05, 3.63) is 54.4 Å². The summed E-state index contributed by atoms with van der Waals surface area (Å²) in [5.74, 6) is -0.326. The number of alkyl halides is 3. The summed E-state index contributed by atoms with van der Waals surface area (Å²) in [6.45, 7) is 1.19. The standard InChI is InChI=1S/C22H23F3N8O2/c1-12-4-16-19(27-6-12)32(11-29-16)18-5-15(31-13-7-30-33(10-13)21(24)25)14(8-26-18)20(34)28-9-17(23)22(2,3)35/h4-8,10-11,17,21,35H,9H2,1-3H3,(H,26,31)(H,28,34)/t17-/m1/s1. The second-order valence-corrected chi connectivity index (χ2v) is 8.50. The van der Waals surface area contributed by atoms with Crippen LogP contribution >= 0.6 is 0 Å². The summed E-state index contributed by atoms with van der Waals surface area (Å²) in [6.07, 6.45) is 5.00. The molecule has 13 heteroatoms. The Bertz CT molecular complexity index is 1360. The largest absolute Gasteiger partial charge is 0.387 e. The number of nitrogens with zero attached hydrogens (tertiary/aromatic N) is 6. The van der Waals surface area contributed by atoms with Crippen LogP contribution in [-0.4, -0.2) is 58.6 Å². The fourth-order valence-corrected chi connectivity index (χ4v) is 3.22. The van der Waals surface area contributed by atoms with Crippen LogP contribution in [0.3, 0.4) is 0 Å². The maximum absolute atomic E-state index is 14.1. The average molecular weight is 488 g/mol. The third-order valence-electron chi connectivity index (χ3n) is 5.19. The van der Waals surface area contributed by atoms with E-state index in [4.69, 9.17) is 0 Å². The summed E-state index contributed by atoms with van der Waals surface area (Å²) in [7, 11) is 0. The van der Waals surface area contributed by atoms with Crippen molar-refractivity contribution in [2.24, 2.45) is 0 Å². The molecule has 10 nitrogen and oxygen atoms in total. The minimum Gasteiger partial charge on any atom is -0.387 e. The smallest absolute Gasteiger partial charge is 0.333 e. The molecule has 0 saturated carbocycles. The van der Waals surface area contributed by atoms with Crippen LogP contribution in [0.15, 0.2) is 43.2 Å². The summed E-state index contributed by atoms with van der Waals surface area (Å²) in [6, 6.07) is 3.37.